The van der Waals surface area contributed by atoms with Gasteiger partial charge in [0.05, 0.1) is 18.4 Å². The molecule has 20 heavy (non-hydrogen) atoms. The van der Waals surface area contributed by atoms with Crippen molar-refractivity contribution in [3.8, 4) is 11.8 Å². The summed E-state index contributed by atoms with van der Waals surface area (Å²) in [6, 6.07) is 7.23. The van der Waals surface area contributed by atoms with Gasteiger partial charge in [-0.15, -0.1) is 0 Å². The number of nitrogens with zero attached hydrogens (tertiary/aromatic N) is 1. The second-order valence-corrected chi connectivity index (χ2v) is 4.13. The zero-order valence-corrected chi connectivity index (χ0v) is 11.0. The van der Waals surface area contributed by atoms with Gasteiger partial charge in [-0.25, -0.2) is 4.98 Å². The fourth-order valence-electron chi connectivity index (χ4n) is 1.76. The van der Waals surface area contributed by atoms with Gasteiger partial charge in [0, 0.05) is 30.4 Å². The van der Waals surface area contributed by atoms with Crippen LogP contribution in [0.5, 0.6) is 0 Å². The number of carbonyl (C=O) groups excluding carboxylic acids is 1. The van der Waals surface area contributed by atoms with Gasteiger partial charge in [-0.3, -0.25) is 4.79 Å². The van der Waals surface area contributed by atoms with E-state index in [9.17, 15) is 4.79 Å². The summed E-state index contributed by atoms with van der Waals surface area (Å²) in [5, 5.41) is 2.87. The first-order valence-corrected chi connectivity index (χ1v) is 6.34. The van der Waals surface area contributed by atoms with Crippen LogP contribution in [0.4, 0.5) is 0 Å². The predicted molar refractivity (Wildman–Crippen MR) is 77.0 cm³/mol. The first kappa shape index (κ1) is 13.8. The Morgan fingerprint density at radius 2 is 2.25 bits per heavy atom. The number of nitrogens with one attached hydrogen (secondary N) is 2. The summed E-state index contributed by atoms with van der Waals surface area (Å²) >= 11 is 0. The largest absolute Gasteiger partial charge is 0.352 e. The first-order chi connectivity index (χ1) is 9.81. The van der Waals surface area contributed by atoms with Crippen molar-refractivity contribution in [2.45, 2.75) is 6.42 Å². The van der Waals surface area contributed by atoms with E-state index in [1.54, 1.807) is 18.6 Å². The maximum absolute atomic E-state index is 12.1. The minimum atomic E-state index is -0.133. The van der Waals surface area contributed by atoms with Gasteiger partial charge < -0.3 is 16.0 Å². The number of benzene rings is 1. The Hall–Kier alpha value is -2.58. The number of nitrogens with two attached hydrogens (primary N) is 1. The Balaban J connectivity index is 1.98. The number of imidazole rings is 1. The Labute approximate surface area is 117 Å². The molecule has 0 saturated heterocycles. The summed E-state index contributed by atoms with van der Waals surface area (Å²) in [7, 11) is 0. The average Bonchev–Trinajstić information content (AvgIpc) is 2.98. The van der Waals surface area contributed by atoms with Crippen LogP contribution in [0.2, 0.25) is 0 Å². The van der Waals surface area contributed by atoms with Gasteiger partial charge >= 0.3 is 0 Å². The van der Waals surface area contributed by atoms with Gasteiger partial charge in [0.2, 0.25) is 0 Å². The monoisotopic (exact) mass is 268 g/mol. The summed E-state index contributed by atoms with van der Waals surface area (Å²) < 4.78 is 0. The molecule has 0 fully saturated rings. The molecule has 0 aliphatic heterocycles. The average molecular weight is 268 g/mol. The van der Waals surface area contributed by atoms with Gasteiger partial charge in [-0.05, 0) is 12.1 Å². The summed E-state index contributed by atoms with van der Waals surface area (Å²) in [6.07, 6.45) is 4.07. The van der Waals surface area contributed by atoms with E-state index < -0.39 is 0 Å². The number of hydrogen-bond donors (Lipinski definition) is 3. The molecule has 0 spiro atoms. The molecule has 0 bridgehead atoms. The maximum Gasteiger partial charge on any atom is 0.252 e. The Bertz CT molecular complexity index is 623. The molecular weight excluding hydrogens is 252 g/mol. The van der Waals surface area contributed by atoms with E-state index in [1.165, 1.54) is 0 Å². The molecule has 0 unspecified atom stereocenters. The number of rotatable bonds is 4. The summed E-state index contributed by atoms with van der Waals surface area (Å²) in [4.78, 5) is 19.0. The summed E-state index contributed by atoms with van der Waals surface area (Å²) in [6.45, 7) is 0.815. The highest BCUT2D eigenvalue weighted by atomic mass is 16.1. The number of aromatic amines is 1. The molecule has 102 valence electrons. The van der Waals surface area contributed by atoms with Crippen molar-refractivity contribution < 1.29 is 4.79 Å². The molecular formula is C15H16N4O. The number of amides is 1. The van der Waals surface area contributed by atoms with Crippen LogP contribution in [-0.2, 0) is 6.42 Å². The van der Waals surface area contributed by atoms with E-state index in [-0.39, 0.29) is 12.5 Å². The lowest BCUT2D eigenvalue weighted by molar-refractivity contribution is 0.0954. The second-order valence-electron chi connectivity index (χ2n) is 4.13. The third-order valence-electron chi connectivity index (χ3n) is 2.73. The van der Waals surface area contributed by atoms with Crippen molar-refractivity contribution in [3.05, 3.63) is 53.6 Å². The molecule has 1 aromatic heterocycles. The molecule has 0 aliphatic rings. The van der Waals surface area contributed by atoms with Crippen molar-refractivity contribution in [2.24, 2.45) is 5.73 Å². The summed E-state index contributed by atoms with van der Waals surface area (Å²) in [5.41, 5.74) is 7.60. The Morgan fingerprint density at radius 3 is 3.00 bits per heavy atom. The van der Waals surface area contributed by atoms with Crippen molar-refractivity contribution in [1.29, 1.82) is 0 Å². The van der Waals surface area contributed by atoms with Gasteiger partial charge in [0.1, 0.15) is 0 Å². The van der Waals surface area contributed by atoms with Gasteiger partial charge in [-0.2, -0.15) is 0 Å². The SMILES string of the molecule is NCC#Cc1ccccc1C(=O)NCCc1cnc[nH]1. The van der Waals surface area contributed by atoms with E-state index >= 15 is 0 Å². The Morgan fingerprint density at radius 1 is 1.40 bits per heavy atom. The molecule has 1 heterocycles. The topological polar surface area (TPSA) is 83.8 Å². The molecule has 0 atom stereocenters. The molecule has 5 heteroatoms. The molecule has 0 radical (unpaired) electrons. The number of aromatic nitrogens is 2. The lowest BCUT2D eigenvalue weighted by atomic mass is 10.1. The molecule has 1 amide bonds. The van der Waals surface area contributed by atoms with Crippen LogP contribution in [0.15, 0.2) is 36.8 Å². The highest BCUT2D eigenvalue weighted by Crippen LogP contribution is 2.07. The fraction of sp³-hybridized carbons (Fsp3) is 0.200. The van der Waals surface area contributed by atoms with Crippen molar-refractivity contribution in [2.75, 3.05) is 13.1 Å². The van der Waals surface area contributed by atoms with Crippen LogP contribution in [0.3, 0.4) is 0 Å². The van der Waals surface area contributed by atoms with E-state index in [0.29, 0.717) is 24.1 Å². The highest BCUT2D eigenvalue weighted by molar-refractivity contribution is 5.96. The number of hydrogen-bond acceptors (Lipinski definition) is 3. The quantitative estimate of drug-likeness (QED) is 0.713. The minimum Gasteiger partial charge on any atom is -0.352 e. The maximum atomic E-state index is 12.1. The standard InChI is InChI=1S/C15H16N4O/c16-8-3-5-12-4-1-2-6-14(12)15(20)18-9-7-13-10-17-11-19-13/h1-2,4,6,10-11H,7-9,16H2,(H,17,19)(H,18,20). The fourth-order valence-corrected chi connectivity index (χ4v) is 1.76. The first-order valence-electron chi connectivity index (χ1n) is 6.34. The normalized spacial score (nSPS) is 9.65. The summed E-state index contributed by atoms with van der Waals surface area (Å²) in [5.74, 6) is 5.54. The number of H-pyrrole nitrogens is 1. The van der Waals surface area contributed by atoms with Crippen molar-refractivity contribution in [1.82, 2.24) is 15.3 Å². The lowest BCUT2D eigenvalue weighted by Gasteiger charge is -2.06. The van der Waals surface area contributed by atoms with E-state index in [1.807, 2.05) is 18.2 Å². The van der Waals surface area contributed by atoms with Gasteiger partial charge in [-0.1, -0.05) is 24.0 Å². The second kappa shape index (κ2) is 7.12. The zero-order valence-electron chi connectivity index (χ0n) is 11.0. The van der Waals surface area contributed by atoms with Gasteiger partial charge in [0.25, 0.3) is 5.91 Å². The molecule has 1 aromatic carbocycles. The van der Waals surface area contributed by atoms with Crippen LogP contribution in [-0.4, -0.2) is 29.0 Å². The molecule has 2 rings (SSSR count). The lowest BCUT2D eigenvalue weighted by Crippen LogP contribution is -2.26. The van der Waals surface area contributed by atoms with Crippen molar-refractivity contribution in [3.63, 3.8) is 0 Å². The predicted octanol–water partition coefficient (Wildman–Crippen LogP) is 0.692. The molecule has 4 N–H and O–H groups in total. The smallest absolute Gasteiger partial charge is 0.252 e. The van der Waals surface area contributed by atoms with Crippen molar-refractivity contribution >= 4 is 5.91 Å². The van der Waals surface area contributed by atoms with Crippen LogP contribution in [0.25, 0.3) is 0 Å². The minimum absolute atomic E-state index is 0.133. The molecule has 0 saturated carbocycles. The van der Waals surface area contributed by atoms with E-state index in [2.05, 4.69) is 27.1 Å². The van der Waals surface area contributed by atoms with E-state index in [4.69, 9.17) is 5.73 Å². The Kier molecular flexibility index (Phi) is 4.93. The van der Waals surface area contributed by atoms with Crippen LogP contribution in [0, 0.1) is 11.8 Å². The molecule has 2 aromatic rings. The third-order valence-corrected chi connectivity index (χ3v) is 2.73. The van der Waals surface area contributed by atoms with Crippen LogP contribution in [0.1, 0.15) is 21.6 Å². The van der Waals surface area contributed by atoms with Gasteiger partial charge in [0.15, 0.2) is 0 Å². The van der Waals surface area contributed by atoms with Crippen LogP contribution < -0.4 is 11.1 Å². The third kappa shape index (κ3) is 3.70. The van der Waals surface area contributed by atoms with Crippen LogP contribution >= 0.6 is 0 Å². The number of carbonyl (C=O) groups is 1. The molecule has 5 nitrogen and oxygen atoms in total. The molecule has 0 aliphatic carbocycles. The van der Waals surface area contributed by atoms with E-state index in [0.717, 1.165) is 5.69 Å². The zero-order chi connectivity index (χ0) is 14.2. The highest BCUT2D eigenvalue weighted by Gasteiger charge is 2.08.